The molecule has 0 N–H and O–H groups in total. The normalized spacial score (nSPS) is 38.2. The van der Waals surface area contributed by atoms with Crippen molar-refractivity contribution < 1.29 is 9.53 Å². The maximum atomic E-state index is 11.2. The zero-order valence-electron chi connectivity index (χ0n) is 7.54. The Morgan fingerprint density at radius 3 is 2.75 bits per heavy atom. The van der Waals surface area contributed by atoms with Gasteiger partial charge in [0.2, 0.25) is 0 Å². The van der Waals surface area contributed by atoms with Crippen molar-refractivity contribution in [3.8, 4) is 0 Å². The number of carbonyl (C=O) groups excluding carboxylic acids is 1. The maximum absolute atomic E-state index is 11.2. The zero-order valence-corrected chi connectivity index (χ0v) is 7.54. The average molecular weight is 166 g/mol. The molecule has 0 aromatic rings. The lowest BCUT2D eigenvalue weighted by molar-refractivity contribution is -0.136. The Labute approximate surface area is 72.6 Å². The summed E-state index contributed by atoms with van der Waals surface area (Å²) in [5, 5.41) is 0. The first-order chi connectivity index (χ1) is 5.72. The van der Waals surface area contributed by atoms with E-state index in [9.17, 15) is 4.79 Å². The summed E-state index contributed by atoms with van der Waals surface area (Å²) in [5.74, 6) is 1.79. The fourth-order valence-electron chi connectivity index (χ4n) is 2.49. The van der Waals surface area contributed by atoms with Crippen LogP contribution in [0.3, 0.4) is 0 Å². The van der Waals surface area contributed by atoms with Gasteiger partial charge in [-0.1, -0.05) is 13.0 Å². The molecule has 0 spiro atoms. The zero-order chi connectivity index (χ0) is 8.72. The Morgan fingerprint density at radius 2 is 2.33 bits per heavy atom. The molecule has 3 unspecified atom stereocenters. The van der Waals surface area contributed by atoms with Crippen LogP contribution in [0.5, 0.6) is 0 Å². The highest BCUT2D eigenvalue weighted by Crippen LogP contribution is 2.47. The van der Waals surface area contributed by atoms with Crippen molar-refractivity contribution in [3.05, 3.63) is 11.6 Å². The number of hydrogen-bond donors (Lipinski definition) is 0. The minimum absolute atomic E-state index is 0.116. The summed E-state index contributed by atoms with van der Waals surface area (Å²) in [6, 6.07) is 0. The Bertz CT molecular complexity index is 242. The highest BCUT2D eigenvalue weighted by atomic mass is 16.5. The van der Waals surface area contributed by atoms with Gasteiger partial charge in [-0.2, -0.15) is 0 Å². The van der Waals surface area contributed by atoms with E-state index < -0.39 is 0 Å². The summed E-state index contributed by atoms with van der Waals surface area (Å²) in [6.45, 7) is 2.26. The van der Waals surface area contributed by atoms with E-state index in [4.69, 9.17) is 4.74 Å². The minimum Gasteiger partial charge on any atom is -0.466 e. The molecule has 0 amide bonds. The van der Waals surface area contributed by atoms with E-state index in [0.29, 0.717) is 11.8 Å². The molecule has 2 nitrogen and oxygen atoms in total. The van der Waals surface area contributed by atoms with Crippen molar-refractivity contribution in [2.24, 2.45) is 17.8 Å². The molecule has 2 heteroatoms. The van der Waals surface area contributed by atoms with Gasteiger partial charge < -0.3 is 4.74 Å². The van der Waals surface area contributed by atoms with Crippen molar-refractivity contribution in [2.75, 3.05) is 7.11 Å². The number of fused-ring (bicyclic) bond motifs is 2. The number of hydrogen-bond acceptors (Lipinski definition) is 2. The molecule has 0 aromatic carbocycles. The highest BCUT2D eigenvalue weighted by Gasteiger charge is 2.40. The first kappa shape index (κ1) is 7.84. The summed E-state index contributed by atoms with van der Waals surface area (Å²) in [6.07, 6.45) is 4.46. The molecule has 3 atom stereocenters. The summed E-state index contributed by atoms with van der Waals surface area (Å²) in [4.78, 5) is 11.2. The van der Waals surface area contributed by atoms with E-state index >= 15 is 0 Å². The summed E-state index contributed by atoms with van der Waals surface area (Å²) in [5.41, 5.74) is 0.931. The van der Waals surface area contributed by atoms with Crippen molar-refractivity contribution in [2.45, 2.75) is 19.8 Å². The van der Waals surface area contributed by atoms with Gasteiger partial charge in [-0.15, -0.1) is 0 Å². The smallest absolute Gasteiger partial charge is 0.333 e. The Balaban J connectivity index is 2.17. The SMILES string of the molecule is COC(=O)C1=CC2CC1CC2C. The fraction of sp³-hybridized carbons (Fsp3) is 0.700. The van der Waals surface area contributed by atoms with Crippen LogP contribution in [0.15, 0.2) is 11.6 Å². The minimum atomic E-state index is -0.116. The predicted octanol–water partition coefficient (Wildman–Crippen LogP) is 1.76. The second-order valence-corrected chi connectivity index (χ2v) is 3.92. The Morgan fingerprint density at radius 1 is 1.58 bits per heavy atom. The number of esters is 1. The highest BCUT2D eigenvalue weighted by molar-refractivity contribution is 5.89. The lowest BCUT2D eigenvalue weighted by Crippen LogP contribution is -2.13. The van der Waals surface area contributed by atoms with Gasteiger partial charge in [0, 0.05) is 5.57 Å². The van der Waals surface area contributed by atoms with Crippen LogP contribution in [-0.2, 0) is 9.53 Å². The van der Waals surface area contributed by atoms with Gasteiger partial charge in [0.15, 0.2) is 0 Å². The third-order valence-electron chi connectivity index (χ3n) is 3.20. The molecule has 2 bridgehead atoms. The standard InChI is InChI=1S/C10H14O2/c1-6-3-8-4-7(6)5-9(8)10(11)12-2/h5-8H,3-4H2,1-2H3. The van der Waals surface area contributed by atoms with E-state index in [2.05, 4.69) is 13.0 Å². The molecule has 0 aromatic heterocycles. The number of allylic oxidation sites excluding steroid dienone is 1. The van der Waals surface area contributed by atoms with Gasteiger partial charge in [-0.05, 0) is 30.6 Å². The van der Waals surface area contributed by atoms with Gasteiger partial charge in [-0.3, -0.25) is 0 Å². The van der Waals surface area contributed by atoms with Gasteiger partial charge in [-0.25, -0.2) is 4.79 Å². The molecule has 12 heavy (non-hydrogen) atoms. The van der Waals surface area contributed by atoms with Crippen LogP contribution >= 0.6 is 0 Å². The molecule has 66 valence electrons. The quantitative estimate of drug-likeness (QED) is 0.555. The average Bonchev–Trinajstić information content (AvgIpc) is 2.60. The Hall–Kier alpha value is -0.790. The van der Waals surface area contributed by atoms with Crippen LogP contribution in [0.4, 0.5) is 0 Å². The van der Waals surface area contributed by atoms with Crippen LogP contribution in [0, 0.1) is 17.8 Å². The third kappa shape index (κ3) is 0.977. The van der Waals surface area contributed by atoms with E-state index in [0.717, 1.165) is 11.5 Å². The topological polar surface area (TPSA) is 26.3 Å². The molecule has 2 rings (SSSR count). The number of carbonyl (C=O) groups is 1. The van der Waals surface area contributed by atoms with Crippen LogP contribution in [0.2, 0.25) is 0 Å². The van der Waals surface area contributed by atoms with Gasteiger partial charge >= 0.3 is 5.97 Å². The summed E-state index contributed by atoms with van der Waals surface area (Å²) >= 11 is 0. The van der Waals surface area contributed by atoms with Crippen LogP contribution in [0.25, 0.3) is 0 Å². The molecule has 2 aliphatic rings. The monoisotopic (exact) mass is 166 g/mol. The van der Waals surface area contributed by atoms with E-state index in [1.54, 1.807) is 0 Å². The Kier molecular flexibility index (Phi) is 1.71. The molecule has 0 radical (unpaired) electrons. The number of methoxy groups -OCH3 is 1. The molecule has 0 saturated heterocycles. The van der Waals surface area contributed by atoms with Crippen molar-refractivity contribution in [3.63, 3.8) is 0 Å². The third-order valence-corrected chi connectivity index (χ3v) is 3.20. The second kappa shape index (κ2) is 2.61. The molecular weight excluding hydrogens is 152 g/mol. The lowest BCUT2D eigenvalue weighted by Gasteiger charge is -2.15. The number of ether oxygens (including phenoxy) is 1. The number of rotatable bonds is 1. The lowest BCUT2D eigenvalue weighted by atomic mass is 9.91. The van der Waals surface area contributed by atoms with E-state index in [1.165, 1.54) is 20.0 Å². The maximum Gasteiger partial charge on any atom is 0.333 e. The van der Waals surface area contributed by atoms with Gasteiger partial charge in [0.25, 0.3) is 0 Å². The molecule has 1 saturated carbocycles. The van der Waals surface area contributed by atoms with E-state index in [-0.39, 0.29) is 5.97 Å². The van der Waals surface area contributed by atoms with E-state index in [1.807, 2.05) is 0 Å². The first-order valence-electron chi connectivity index (χ1n) is 4.52. The van der Waals surface area contributed by atoms with Crippen molar-refractivity contribution >= 4 is 5.97 Å². The van der Waals surface area contributed by atoms with Crippen molar-refractivity contribution in [1.29, 1.82) is 0 Å². The van der Waals surface area contributed by atoms with Crippen LogP contribution in [0.1, 0.15) is 19.8 Å². The predicted molar refractivity (Wildman–Crippen MR) is 45.5 cm³/mol. The van der Waals surface area contributed by atoms with Gasteiger partial charge in [0.05, 0.1) is 7.11 Å². The van der Waals surface area contributed by atoms with Crippen molar-refractivity contribution in [1.82, 2.24) is 0 Å². The van der Waals surface area contributed by atoms with Gasteiger partial charge in [0.1, 0.15) is 0 Å². The molecule has 0 heterocycles. The molecule has 1 fully saturated rings. The molecular formula is C10H14O2. The second-order valence-electron chi connectivity index (χ2n) is 3.92. The van der Waals surface area contributed by atoms with Crippen LogP contribution < -0.4 is 0 Å². The summed E-state index contributed by atoms with van der Waals surface area (Å²) < 4.78 is 4.71. The van der Waals surface area contributed by atoms with Crippen LogP contribution in [-0.4, -0.2) is 13.1 Å². The molecule has 0 aliphatic heterocycles. The first-order valence-corrected chi connectivity index (χ1v) is 4.52. The summed E-state index contributed by atoms with van der Waals surface area (Å²) in [7, 11) is 1.46. The largest absolute Gasteiger partial charge is 0.466 e. The fourth-order valence-corrected chi connectivity index (χ4v) is 2.49. The molecule has 2 aliphatic carbocycles.